The summed E-state index contributed by atoms with van der Waals surface area (Å²) in [5.41, 5.74) is 0.664. The molecule has 0 aliphatic carbocycles. The number of benzene rings is 1. The van der Waals surface area contributed by atoms with E-state index in [0.717, 1.165) is 0 Å². The van der Waals surface area contributed by atoms with Gasteiger partial charge in [0.05, 0.1) is 25.8 Å². The van der Waals surface area contributed by atoms with E-state index in [2.05, 4.69) is 20.2 Å². The second-order valence-electron chi connectivity index (χ2n) is 4.12. The molecule has 0 saturated heterocycles. The number of nitrogens with one attached hydrogen (secondary N) is 1. The van der Waals surface area contributed by atoms with Crippen molar-refractivity contribution in [3.63, 3.8) is 0 Å². The van der Waals surface area contributed by atoms with E-state index in [1.165, 1.54) is 0 Å². The van der Waals surface area contributed by atoms with Crippen molar-refractivity contribution in [1.29, 1.82) is 0 Å². The van der Waals surface area contributed by atoms with Gasteiger partial charge in [0.15, 0.2) is 0 Å². The first-order valence-electron chi connectivity index (χ1n) is 6.56. The molecule has 8 heteroatoms. The van der Waals surface area contributed by atoms with E-state index < -0.39 is 11.9 Å². The molecule has 2 aromatic rings. The lowest BCUT2D eigenvalue weighted by Gasteiger charge is -2.03. The molecule has 0 aliphatic heterocycles. The zero-order chi connectivity index (χ0) is 15.9. The van der Waals surface area contributed by atoms with Crippen LogP contribution in [0.4, 0.5) is 0 Å². The molecule has 116 valence electrons. The molecule has 1 N–H and O–H groups in total. The molecular formula is C14H15N3O5. The normalized spacial score (nSPS) is 10.1. The van der Waals surface area contributed by atoms with Crippen molar-refractivity contribution in [2.24, 2.45) is 0 Å². The second-order valence-corrected chi connectivity index (χ2v) is 4.12. The van der Waals surface area contributed by atoms with Gasteiger partial charge in [-0.05, 0) is 19.1 Å². The third-order valence-electron chi connectivity index (χ3n) is 2.68. The highest BCUT2D eigenvalue weighted by molar-refractivity contribution is 6.32. The Morgan fingerprint density at radius 2 is 2.09 bits per heavy atom. The molecular weight excluding hydrogens is 290 g/mol. The van der Waals surface area contributed by atoms with Gasteiger partial charge >= 0.3 is 11.9 Å². The molecule has 0 atom stereocenters. The zero-order valence-corrected chi connectivity index (χ0v) is 12.2. The van der Waals surface area contributed by atoms with Crippen molar-refractivity contribution in [2.45, 2.75) is 13.5 Å². The average Bonchev–Trinajstić information content (AvgIpc) is 3.01. The quantitative estimate of drug-likeness (QED) is 0.647. The molecule has 0 aliphatic rings. The number of ether oxygens (including phenoxy) is 2. The van der Waals surface area contributed by atoms with Gasteiger partial charge in [-0.25, -0.2) is 4.79 Å². The maximum atomic E-state index is 11.4. The Bertz CT molecular complexity index is 668. The zero-order valence-electron chi connectivity index (χ0n) is 12.2. The Kier molecular flexibility index (Phi) is 5.07. The van der Waals surface area contributed by atoms with E-state index in [9.17, 15) is 9.59 Å². The molecule has 1 heterocycles. The van der Waals surface area contributed by atoms with Crippen LogP contribution in [0.5, 0.6) is 5.75 Å². The molecule has 0 bridgehead atoms. The summed E-state index contributed by atoms with van der Waals surface area (Å²) in [6.45, 7) is 1.67. The van der Waals surface area contributed by atoms with Gasteiger partial charge in [-0.3, -0.25) is 4.79 Å². The molecule has 1 aromatic carbocycles. The number of amides is 1. The molecule has 1 amide bonds. The maximum absolute atomic E-state index is 11.4. The number of rotatable bonds is 5. The Morgan fingerprint density at radius 3 is 2.82 bits per heavy atom. The van der Waals surface area contributed by atoms with Gasteiger partial charge in [0, 0.05) is 0 Å². The van der Waals surface area contributed by atoms with Crippen molar-refractivity contribution >= 4 is 11.9 Å². The first-order valence-corrected chi connectivity index (χ1v) is 6.56. The summed E-state index contributed by atoms with van der Waals surface area (Å²) in [4.78, 5) is 26.7. The predicted molar refractivity (Wildman–Crippen MR) is 74.8 cm³/mol. The summed E-state index contributed by atoms with van der Waals surface area (Å²) in [5.74, 6) is -0.715. The second kappa shape index (κ2) is 7.21. The summed E-state index contributed by atoms with van der Waals surface area (Å²) < 4.78 is 14.8. The number of hydrogen-bond acceptors (Lipinski definition) is 7. The molecule has 0 unspecified atom stereocenters. The van der Waals surface area contributed by atoms with E-state index in [1.54, 1.807) is 26.2 Å². The molecule has 0 fully saturated rings. The monoisotopic (exact) mass is 305 g/mol. The minimum absolute atomic E-state index is 0.0696. The SMILES string of the molecule is CCOC(=O)C(=O)NCc1nc(-c2ccccc2OC)no1. The number of carbonyl (C=O) groups excluding carboxylic acids is 2. The Balaban J connectivity index is 2.03. The summed E-state index contributed by atoms with van der Waals surface area (Å²) in [7, 11) is 1.54. The van der Waals surface area contributed by atoms with Gasteiger partial charge < -0.3 is 19.3 Å². The fourth-order valence-corrected chi connectivity index (χ4v) is 1.69. The highest BCUT2D eigenvalue weighted by atomic mass is 16.5. The topological polar surface area (TPSA) is 104 Å². The Labute approximate surface area is 126 Å². The van der Waals surface area contributed by atoms with E-state index in [4.69, 9.17) is 9.26 Å². The number of aromatic nitrogens is 2. The minimum atomic E-state index is -0.952. The number of nitrogens with zero attached hydrogens (tertiary/aromatic N) is 2. The first kappa shape index (κ1) is 15.5. The van der Waals surface area contributed by atoms with Crippen molar-refractivity contribution < 1.29 is 23.6 Å². The first-order chi connectivity index (χ1) is 10.7. The fourth-order valence-electron chi connectivity index (χ4n) is 1.69. The van der Waals surface area contributed by atoms with Crippen LogP contribution in [0.15, 0.2) is 28.8 Å². The molecule has 8 nitrogen and oxygen atoms in total. The highest BCUT2D eigenvalue weighted by Gasteiger charge is 2.17. The van der Waals surface area contributed by atoms with Gasteiger partial charge in [-0.2, -0.15) is 4.98 Å². The average molecular weight is 305 g/mol. The largest absolute Gasteiger partial charge is 0.496 e. The lowest BCUT2D eigenvalue weighted by molar-refractivity contribution is -0.154. The van der Waals surface area contributed by atoms with E-state index >= 15 is 0 Å². The Hall–Kier alpha value is -2.90. The summed E-state index contributed by atoms with van der Waals surface area (Å²) >= 11 is 0. The van der Waals surface area contributed by atoms with Gasteiger partial charge in [-0.15, -0.1) is 0 Å². The number of esters is 1. The van der Waals surface area contributed by atoms with Crippen LogP contribution < -0.4 is 10.1 Å². The summed E-state index contributed by atoms with van der Waals surface area (Å²) in [5, 5.41) is 6.16. The van der Waals surface area contributed by atoms with Crippen LogP contribution in [0.2, 0.25) is 0 Å². The van der Waals surface area contributed by atoms with Crippen molar-refractivity contribution in [3.05, 3.63) is 30.2 Å². The Morgan fingerprint density at radius 1 is 1.32 bits per heavy atom. The van der Waals surface area contributed by atoms with Crippen molar-refractivity contribution in [1.82, 2.24) is 15.5 Å². The van der Waals surface area contributed by atoms with Crippen LogP contribution >= 0.6 is 0 Å². The standard InChI is InChI=1S/C14H15N3O5/c1-3-21-14(19)13(18)15-8-11-16-12(17-22-11)9-6-4-5-7-10(9)20-2/h4-7H,3,8H2,1-2H3,(H,15,18). The van der Waals surface area contributed by atoms with E-state index in [1.807, 2.05) is 12.1 Å². The smallest absolute Gasteiger partial charge is 0.396 e. The van der Waals surface area contributed by atoms with Crippen molar-refractivity contribution in [2.75, 3.05) is 13.7 Å². The third-order valence-corrected chi connectivity index (χ3v) is 2.68. The lowest BCUT2D eigenvalue weighted by atomic mass is 10.2. The molecule has 0 radical (unpaired) electrons. The number of methoxy groups -OCH3 is 1. The van der Waals surface area contributed by atoms with Crippen LogP contribution in [0, 0.1) is 0 Å². The molecule has 2 rings (SSSR count). The maximum Gasteiger partial charge on any atom is 0.396 e. The van der Waals surface area contributed by atoms with Crippen LogP contribution in [-0.4, -0.2) is 35.7 Å². The third kappa shape index (κ3) is 3.60. The van der Waals surface area contributed by atoms with Crippen LogP contribution in [0.1, 0.15) is 12.8 Å². The van der Waals surface area contributed by atoms with Gasteiger partial charge in [0.2, 0.25) is 11.7 Å². The highest BCUT2D eigenvalue weighted by Crippen LogP contribution is 2.26. The van der Waals surface area contributed by atoms with Gasteiger partial charge in [0.25, 0.3) is 0 Å². The predicted octanol–water partition coefficient (Wildman–Crippen LogP) is 0.924. The minimum Gasteiger partial charge on any atom is -0.496 e. The van der Waals surface area contributed by atoms with Gasteiger partial charge in [-0.1, -0.05) is 17.3 Å². The van der Waals surface area contributed by atoms with Crippen LogP contribution in [0.25, 0.3) is 11.4 Å². The van der Waals surface area contributed by atoms with Crippen LogP contribution in [0.3, 0.4) is 0 Å². The summed E-state index contributed by atoms with van der Waals surface area (Å²) in [6.07, 6.45) is 0. The number of hydrogen-bond donors (Lipinski definition) is 1. The molecule has 0 spiro atoms. The lowest BCUT2D eigenvalue weighted by Crippen LogP contribution is -2.32. The van der Waals surface area contributed by atoms with Crippen molar-refractivity contribution in [3.8, 4) is 17.1 Å². The molecule has 1 aromatic heterocycles. The van der Waals surface area contributed by atoms with Gasteiger partial charge in [0.1, 0.15) is 5.75 Å². The number of carbonyl (C=O) groups is 2. The van der Waals surface area contributed by atoms with E-state index in [-0.39, 0.29) is 19.0 Å². The molecule has 0 saturated carbocycles. The number of para-hydroxylation sites is 1. The van der Waals surface area contributed by atoms with Crippen LogP contribution in [-0.2, 0) is 20.9 Å². The molecule has 22 heavy (non-hydrogen) atoms. The summed E-state index contributed by atoms with van der Waals surface area (Å²) in [6, 6.07) is 7.19. The van der Waals surface area contributed by atoms with E-state index in [0.29, 0.717) is 17.1 Å². The fraction of sp³-hybridized carbons (Fsp3) is 0.286.